The molecule has 0 N–H and O–H groups in total. The standard InChI is InChI=1S/C12H18O/c13-11(7-8-3-1-4-8)12-9-5-2-6-10(9)12/h8-10,12H,1-7H2. The summed E-state index contributed by atoms with van der Waals surface area (Å²) < 4.78 is 0. The van der Waals surface area contributed by atoms with Crippen LogP contribution < -0.4 is 0 Å². The number of ketones is 1. The molecule has 3 aliphatic carbocycles. The minimum absolute atomic E-state index is 0.536. The van der Waals surface area contributed by atoms with E-state index >= 15 is 0 Å². The van der Waals surface area contributed by atoms with Crippen molar-refractivity contribution in [3.63, 3.8) is 0 Å². The zero-order valence-electron chi connectivity index (χ0n) is 8.17. The van der Waals surface area contributed by atoms with E-state index < -0.39 is 0 Å². The lowest BCUT2D eigenvalue weighted by atomic mass is 9.81. The first-order chi connectivity index (χ1) is 6.36. The molecule has 2 atom stereocenters. The second kappa shape index (κ2) is 2.83. The Morgan fingerprint density at radius 1 is 1.00 bits per heavy atom. The van der Waals surface area contributed by atoms with E-state index in [-0.39, 0.29) is 0 Å². The van der Waals surface area contributed by atoms with Gasteiger partial charge < -0.3 is 0 Å². The van der Waals surface area contributed by atoms with Crippen molar-refractivity contribution in [2.75, 3.05) is 0 Å². The molecule has 72 valence electrons. The third-order valence-electron chi connectivity index (χ3n) is 4.49. The molecule has 0 saturated heterocycles. The Bertz CT molecular complexity index is 219. The van der Waals surface area contributed by atoms with Crippen molar-refractivity contribution in [3.05, 3.63) is 0 Å². The highest BCUT2D eigenvalue weighted by atomic mass is 16.1. The first-order valence-corrected chi connectivity index (χ1v) is 5.89. The van der Waals surface area contributed by atoms with Crippen LogP contribution in [0.2, 0.25) is 0 Å². The molecule has 1 heteroatoms. The van der Waals surface area contributed by atoms with E-state index in [1.165, 1.54) is 38.5 Å². The molecular weight excluding hydrogens is 160 g/mol. The summed E-state index contributed by atoms with van der Waals surface area (Å²) in [5.41, 5.74) is 0. The number of hydrogen-bond donors (Lipinski definition) is 0. The van der Waals surface area contributed by atoms with Gasteiger partial charge in [0.1, 0.15) is 5.78 Å². The first-order valence-electron chi connectivity index (χ1n) is 5.89. The molecule has 0 amide bonds. The molecule has 1 nitrogen and oxygen atoms in total. The summed E-state index contributed by atoms with van der Waals surface area (Å²) in [5.74, 6) is 3.63. The highest BCUT2D eigenvalue weighted by molar-refractivity contribution is 5.84. The molecule has 0 spiro atoms. The molecular formula is C12H18O. The number of Topliss-reactive ketones (excluding diaryl/α,β-unsaturated/α-hetero) is 1. The summed E-state index contributed by atoms with van der Waals surface area (Å²) in [6.07, 6.45) is 9.05. The van der Waals surface area contributed by atoms with Crippen LogP contribution in [0.15, 0.2) is 0 Å². The van der Waals surface area contributed by atoms with Crippen molar-refractivity contribution in [3.8, 4) is 0 Å². The Morgan fingerprint density at radius 2 is 1.62 bits per heavy atom. The Kier molecular flexibility index (Phi) is 1.75. The Morgan fingerprint density at radius 3 is 2.15 bits per heavy atom. The Labute approximate surface area is 79.9 Å². The summed E-state index contributed by atoms with van der Waals surface area (Å²) in [7, 11) is 0. The van der Waals surface area contributed by atoms with Gasteiger partial charge in [-0.3, -0.25) is 4.79 Å². The van der Waals surface area contributed by atoms with Crippen molar-refractivity contribution in [1.82, 2.24) is 0 Å². The van der Waals surface area contributed by atoms with E-state index in [1.54, 1.807) is 0 Å². The van der Waals surface area contributed by atoms with Crippen LogP contribution in [-0.2, 0) is 4.79 Å². The molecule has 0 aromatic rings. The molecule has 3 aliphatic rings. The van der Waals surface area contributed by atoms with Crippen molar-refractivity contribution in [2.45, 2.75) is 44.9 Å². The molecule has 13 heavy (non-hydrogen) atoms. The van der Waals surface area contributed by atoms with E-state index in [2.05, 4.69) is 0 Å². The fraction of sp³-hybridized carbons (Fsp3) is 0.917. The smallest absolute Gasteiger partial charge is 0.136 e. The first kappa shape index (κ1) is 8.02. The fourth-order valence-electron chi connectivity index (χ4n) is 3.42. The zero-order valence-corrected chi connectivity index (χ0v) is 8.17. The summed E-state index contributed by atoms with van der Waals surface area (Å²) in [4.78, 5) is 11.8. The minimum atomic E-state index is 0.536. The predicted molar refractivity (Wildman–Crippen MR) is 51.3 cm³/mol. The van der Waals surface area contributed by atoms with Crippen LogP contribution in [0.25, 0.3) is 0 Å². The Balaban J connectivity index is 1.52. The third kappa shape index (κ3) is 1.24. The van der Waals surface area contributed by atoms with Crippen molar-refractivity contribution >= 4 is 5.78 Å². The minimum Gasteiger partial charge on any atom is -0.299 e. The number of hydrogen-bond acceptors (Lipinski definition) is 1. The van der Waals surface area contributed by atoms with Gasteiger partial charge in [0.2, 0.25) is 0 Å². The lowest BCUT2D eigenvalue weighted by Gasteiger charge is -2.24. The zero-order chi connectivity index (χ0) is 8.84. The van der Waals surface area contributed by atoms with Crippen LogP contribution in [-0.4, -0.2) is 5.78 Å². The molecule has 0 radical (unpaired) electrons. The number of rotatable bonds is 3. The number of carbonyl (C=O) groups is 1. The van der Waals surface area contributed by atoms with Crippen LogP contribution in [0, 0.1) is 23.7 Å². The topological polar surface area (TPSA) is 17.1 Å². The molecule has 3 rings (SSSR count). The lowest BCUT2D eigenvalue weighted by molar-refractivity contribution is -0.122. The van der Waals surface area contributed by atoms with E-state index in [1.807, 2.05) is 0 Å². The second-order valence-corrected chi connectivity index (χ2v) is 5.25. The van der Waals surface area contributed by atoms with E-state index in [0.717, 1.165) is 24.2 Å². The van der Waals surface area contributed by atoms with Crippen LogP contribution in [0.3, 0.4) is 0 Å². The van der Waals surface area contributed by atoms with Crippen LogP contribution in [0.1, 0.15) is 44.9 Å². The largest absolute Gasteiger partial charge is 0.299 e. The normalized spacial score (nSPS) is 42.6. The van der Waals surface area contributed by atoms with E-state index in [0.29, 0.717) is 11.7 Å². The predicted octanol–water partition coefficient (Wildman–Crippen LogP) is 2.79. The van der Waals surface area contributed by atoms with Gasteiger partial charge in [-0.15, -0.1) is 0 Å². The van der Waals surface area contributed by atoms with Gasteiger partial charge in [0.05, 0.1) is 0 Å². The number of carbonyl (C=O) groups excluding carboxylic acids is 1. The maximum atomic E-state index is 11.8. The van der Waals surface area contributed by atoms with Gasteiger partial charge in [-0.05, 0) is 30.6 Å². The van der Waals surface area contributed by atoms with Gasteiger partial charge in [0, 0.05) is 12.3 Å². The maximum Gasteiger partial charge on any atom is 0.136 e. The van der Waals surface area contributed by atoms with E-state index in [4.69, 9.17) is 0 Å². The van der Waals surface area contributed by atoms with Crippen LogP contribution in [0.4, 0.5) is 0 Å². The Hall–Kier alpha value is -0.330. The lowest BCUT2D eigenvalue weighted by Crippen LogP contribution is -2.18. The highest BCUT2D eigenvalue weighted by Crippen LogP contribution is 2.58. The van der Waals surface area contributed by atoms with Crippen LogP contribution in [0.5, 0.6) is 0 Å². The van der Waals surface area contributed by atoms with Gasteiger partial charge in [0.15, 0.2) is 0 Å². The summed E-state index contributed by atoms with van der Waals surface area (Å²) in [5, 5.41) is 0. The molecule has 2 unspecified atom stereocenters. The maximum absolute atomic E-state index is 11.8. The SMILES string of the molecule is O=C(CC1CCC1)C1C2CCCC21. The number of fused-ring (bicyclic) bond motifs is 1. The third-order valence-corrected chi connectivity index (χ3v) is 4.49. The van der Waals surface area contributed by atoms with Gasteiger partial charge in [-0.2, -0.15) is 0 Å². The summed E-state index contributed by atoms with van der Waals surface area (Å²) in [6.45, 7) is 0. The van der Waals surface area contributed by atoms with Gasteiger partial charge in [0.25, 0.3) is 0 Å². The summed E-state index contributed by atoms with van der Waals surface area (Å²) >= 11 is 0. The van der Waals surface area contributed by atoms with Gasteiger partial charge in [-0.25, -0.2) is 0 Å². The molecule has 3 saturated carbocycles. The monoisotopic (exact) mass is 178 g/mol. The van der Waals surface area contributed by atoms with Gasteiger partial charge >= 0.3 is 0 Å². The van der Waals surface area contributed by atoms with E-state index in [9.17, 15) is 4.79 Å². The molecule has 0 aliphatic heterocycles. The fourth-order valence-corrected chi connectivity index (χ4v) is 3.42. The van der Waals surface area contributed by atoms with Crippen LogP contribution >= 0.6 is 0 Å². The van der Waals surface area contributed by atoms with Gasteiger partial charge in [-0.1, -0.05) is 25.7 Å². The second-order valence-electron chi connectivity index (χ2n) is 5.25. The van der Waals surface area contributed by atoms with Crippen molar-refractivity contribution in [1.29, 1.82) is 0 Å². The molecule has 0 heterocycles. The molecule has 0 aromatic carbocycles. The molecule has 0 aromatic heterocycles. The molecule has 0 bridgehead atoms. The molecule has 3 fully saturated rings. The highest BCUT2D eigenvalue weighted by Gasteiger charge is 2.55. The average molecular weight is 178 g/mol. The average Bonchev–Trinajstić information content (AvgIpc) is 2.53. The van der Waals surface area contributed by atoms with Crippen molar-refractivity contribution < 1.29 is 4.79 Å². The van der Waals surface area contributed by atoms with Crippen molar-refractivity contribution in [2.24, 2.45) is 23.7 Å². The quantitative estimate of drug-likeness (QED) is 0.649. The summed E-state index contributed by atoms with van der Waals surface area (Å²) in [6, 6.07) is 0.